The molecule has 0 radical (unpaired) electrons. The van der Waals surface area contributed by atoms with Crippen molar-refractivity contribution in [2.75, 3.05) is 19.5 Å². The van der Waals surface area contributed by atoms with E-state index >= 15 is 0 Å². The maximum Gasteiger partial charge on any atom is 1.00 e. The second-order valence-corrected chi connectivity index (χ2v) is 3.37. The third kappa shape index (κ3) is 7.39. The fourth-order valence-corrected chi connectivity index (χ4v) is 1.44. The Kier molecular flexibility index (Phi) is 11.3. The van der Waals surface area contributed by atoms with Crippen molar-refractivity contribution < 1.29 is 64.7 Å². The summed E-state index contributed by atoms with van der Waals surface area (Å²) in [5, 5.41) is 0. The third-order valence-corrected chi connectivity index (χ3v) is 2.27. The van der Waals surface area contributed by atoms with Crippen LogP contribution in [-0.2, 0) is 0 Å². The van der Waals surface area contributed by atoms with Gasteiger partial charge in [-0.05, 0) is 31.8 Å². The van der Waals surface area contributed by atoms with Crippen LogP contribution in [0.15, 0.2) is 0 Å². The van der Waals surface area contributed by atoms with E-state index in [4.69, 9.17) is 0 Å². The molecule has 0 aliphatic carbocycles. The molecule has 1 nitrogen and oxygen atoms in total. The van der Waals surface area contributed by atoms with Crippen LogP contribution in [0.3, 0.4) is 0 Å². The topological polar surface area (TPSA) is 3.24 Å². The number of rotatable bonds is 2. The van der Waals surface area contributed by atoms with Gasteiger partial charge in [-0.3, -0.25) is 8.63 Å². The Bertz CT molecular complexity index is 120. The largest absolute Gasteiger partial charge is 1.00 e. The monoisotopic (exact) mass is 219 g/mol. The minimum absolute atomic E-state index is 0. The number of nitrogens with zero attached hydrogens (tertiary/aromatic N) is 1. The summed E-state index contributed by atoms with van der Waals surface area (Å²) in [7, 11) is -2.16. The molecule has 0 aromatic rings. The smallest absolute Gasteiger partial charge is 1.00 e. The summed E-state index contributed by atoms with van der Waals surface area (Å²) < 4.78 is 23.7. The van der Waals surface area contributed by atoms with Gasteiger partial charge < -0.3 is 9.60 Å². The van der Waals surface area contributed by atoms with E-state index in [1.807, 2.05) is 4.90 Å². The summed E-state index contributed by atoms with van der Waals surface area (Å²) >= 11 is 0. The summed E-state index contributed by atoms with van der Waals surface area (Å²) in [4.78, 5) is 1.85. The number of halogens is 3. The van der Waals surface area contributed by atoms with E-state index in [1.165, 1.54) is 0 Å². The first-order valence-electron chi connectivity index (χ1n) is 4.19. The van der Waals surface area contributed by atoms with E-state index < -0.39 is 7.27 Å². The van der Waals surface area contributed by atoms with Crippen LogP contribution in [-0.4, -0.2) is 31.7 Å². The molecule has 0 aromatic carbocycles. The normalized spacial score (nSPS) is 18.7. The Hall–Kier alpha value is 1.45. The quantitative estimate of drug-likeness (QED) is 0.425. The van der Waals surface area contributed by atoms with Crippen LogP contribution in [0.1, 0.15) is 19.8 Å². The van der Waals surface area contributed by atoms with Gasteiger partial charge in [-0.15, -0.1) is 0 Å². The van der Waals surface area contributed by atoms with E-state index in [9.17, 15) is 8.63 Å². The maximum absolute atomic E-state index is 11.9. The zero-order chi connectivity index (χ0) is 8.27. The molecule has 1 saturated heterocycles. The Morgan fingerprint density at radius 1 is 1.31 bits per heavy atom. The van der Waals surface area contributed by atoms with Gasteiger partial charge in [0.15, 0.2) is 0 Å². The van der Waals surface area contributed by atoms with Crippen LogP contribution < -0.4 is 56.1 Å². The second kappa shape index (κ2) is 8.74. The number of hydrogen-bond acceptors (Lipinski definition) is 1. The van der Waals surface area contributed by atoms with Crippen molar-refractivity contribution in [1.29, 1.82) is 0 Å². The first-order chi connectivity index (χ1) is 5.18. The molecule has 72 valence electrons. The minimum Gasteiger partial charge on any atom is -1.00 e. The SMILES string of the molecule is CC1CCN(CB(F)F)CC1.[F-].[K+]. The summed E-state index contributed by atoms with van der Waals surface area (Å²) in [6.45, 7) is 3.89. The van der Waals surface area contributed by atoms with Gasteiger partial charge >= 0.3 is 58.7 Å². The first kappa shape index (κ1) is 16.9. The standard InChI is InChI=1S/C7H14BF2N.FH.K/c1-7-2-4-11(5-3-7)6-8(9)10;;/h7H,2-6H2,1H3;1H;/q;;+1/p-1. The summed E-state index contributed by atoms with van der Waals surface area (Å²) in [5.41, 5.74) is 0. The molecule has 6 heteroatoms. The average Bonchev–Trinajstić information content (AvgIpc) is 1.93. The van der Waals surface area contributed by atoms with E-state index in [1.54, 1.807) is 0 Å². The molecule has 1 aliphatic heterocycles. The van der Waals surface area contributed by atoms with E-state index in [-0.39, 0.29) is 62.5 Å². The molecule has 0 spiro atoms. The minimum atomic E-state index is -2.16. The van der Waals surface area contributed by atoms with Crippen molar-refractivity contribution in [3.05, 3.63) is 0 Å². The predicted octanol–water partition coefficient (Wildman–Crippen LogP) is -4.31. The van der Waals surface area contributed by atoms with Gasteiger partial charge in [-0.1, -0.05) is 6.92 Å². The van der Waals surface area contributed by atoms with Crippen molar-refractivity contribution in [3.8, 4) is 0 Å². The van der Waals surface area contributed by atoms with E-state index in [0.717, 1.165) is 31.8 Å². The van der Waals surface area contributed by atoms with Gasteiger partial charge in [0, 0.05) is 6.44 Å². The molecule has 1 rings (SSSR count). The molecule has 0 aromatic heterocycles. The molecule has 1 fully saturated rings. The van der Waals surface area contributed by atoms with Gasteiger partial charge in [-0.2, -0.15) is 0 Å². The molecule has 0 saturated carbocycles. The molecule has 0 atom stereocenters. The van der Waals surface area contributed by atoms with Crippen LogP contribution >= 0.6 is 0 Å². The van der Waals surface area contributed by atoms with Crippen molar-refractivity contribution in [3.63, 3.8) is 0 Å². The molecule has 1 heterocycles. The molecule has 13 heavy (non-hydrogen) atoms. The average molecular weight is 219 g/mol. The molecular formula is C7H14BF3KN. The van der Waals surface area contributed by atoms with Gasteiger partial charge in [0.25, 0.3) is 0 Å². The fraction of sp³-hybridized carbons (Fsp3) is 1.00. The predicted molar refractivity (Wildman–Crippen MR) is 42.8 cm³/mol. The fourth-order valence-electron chi connectivity index (χ4n) is 1.44. The van der Waals surface area contributed by atoms with Crippen LogP contribution in [0.2, 0.25) is 0 Å². The molecule has 1 aliphatic rings. The molecule has 0 amide bonds. The Balaban J connectivity index is 0. The van der Waals surface area contributed by atoms with Crippen LogP contribution in [0.5, 0.6) is 0 Å². The molecule has 0 bridgehead atoms. The van der Waals surface area contributed by atoms with Crippen molar-refractivity contribution >= 4 is 7.27 Å². The van der Waals surface area contributed by atoms with Gasteiger partial charge in [0.05, 0.1) is 0 Å². The zero-order valence-electron chi connectivity index (χ0n) is 8.27. The molecular weight excluding hydrogens is 205 g/mol. The van der Waals surface area contributed by atoms with Crippen LogP contribution in [0.4, 0.5) is 8.63 Å². The van der Waals surface area contributed by atoms with Crippen molar-refractivity contribution in [1.82, 2.24) is 4.90 Å². The number of piperidine rings is 1. The first-order valence-corrected chi connectivity index (χ1v) is 4.19. The summed E-state index contributed by atoms with van der Waals surface area (Å²) in [6.07, 6.45) is 2.12. The Morgan fingerprint density at radius 2 is 1.77 bits per heavy atom. The summed E-state index contributed by atoms with van der Waals surface area (Å²) in [6, 6.07) is 0. The van der Waals surface area contributed by atoms with Gasteiger partial charge in [0.1, 0.15) is 0 Å². The second-order valence-electron chi connectivity index (χ2n) is 3.37. The summed E-state index contributed by atoms with van der Waals surface area (Å²) in [5.74, 6) is 0.726. The molecule has 0 N–H and O–H groups in total. The maximum atomic E-state index is 11.9. The third-order valence-electron chi connectivity index (χ3n) is 2.27. The number of likely N-dealkylation sites (tertiary alicyclic amines) is 1. The Labute approximate surface area is 121 Å². The van der Waals surface area contributed by atoms with Crippen molar-refractivity contribution in [2.24, 2.45) is 5.92 Å². The zero-order valence-corrected chi connectivity index (χ0v) is 11.4. The van der Waals surface area contributed by atoms with Crippen LogP contribution in [0.25, 0.3) is 0 Å². The van der Waals surface area contributed by atoms with E-state index in [0.29, 0.717) is 0 Å². The van der Waals surface area contributed by atoms with Gasteiger partial charge in [-0.25, -0.2) is 0 Å². The van der Waals surface area contributed by atoms with Crippen LogP contribution in [0, 0.1) is 5.92 Å². The number of hydrogen-bond donors (Lipinski definition) is 0. The van der Waals surface area contributed by atoms with Gasteiger partial charge in [0.2, 0.25) is 0 Å². The molecule has 0 unspecified atom stereocenters. The Morgan fingerprint density at radius 3 is 2.15 bits per heavy atom. The van der Waals surface area contributed by atoms with E-state index in [2.05, 4.69) is 6.92 Å². The van der Waals surface area contributed by atoms with Crippen molar-refractivity contribution in [2.45, 2.75) is 19.8 Å².